The maximum absolute atomic E-state index is 12.5. The van der Waals surface area contributed by atoms with Crippen molar-refractivity contribution in [3.8, 4) is 0 Å². The first-order valence-corrected chi connectivity index (χ1v) is 8.29. The van der Waals surface area contributed by atoms with Crippen molar-refractivity contribution in [1.82, 2.24) is 4.31 Å². The molecule has 1 fully saturated rings. The van der Waals surface area contributed by atoms with Crippen LogP contribution in [0.2, 0.25) is 10.0 Å². The van der Waals surface area contributed by atoms with Gasteiger partial charge in [0, 0.05) is 18.1 Å². The SMILES string of the molecule is O=C(O)[C@H]1CCN(S(=O)(=O)c2ccc(Cl)cc2Cl)C[C@H]1O. The van der Waals surface area contributed by atoms with Crippen molar-refractivity contribution in [1.29, 1.82) is 0 Å². The molecular weight excluding hydrogens is 341 g/mol. The maximum atomic E-state index is 12.5. The Balaban J connectivity index is 2.27. The third kappa shape index (κ3) is 3.32. The molecule has 0 saturated carbocycles. The maximum Gasteiger partial charge on any atom is 0.309 e. The zero-order valence-electron chi connectivity index (χ0n) is 10.7. The molecule has 0 spiro atoms. The van der Waals surface area contributed by atoms with E-state index in [0.29, 0.717) is 5.02 Å². The third-order valence-corrected chi connectivity index (χ3v) is 5.96. The highest BCUT2D eigenvalue weighted by Gasteiger charge is 2.38. The predicted molar refractivity (Wildman–Crippen MR) is 77.0 cm³/mol. The molecule has 2 rings (SSSR count). The summed E-state index contributed by atoms with van der Waals surface area (Å²) >= 11 is 11.6. The lowest BCUT2D eigenvalue weighted by Crippen LogP contribution is -2.48. The summed E-state index contributed by atoms with van der Waals surface area (Å²) in [4.78, 5) is 10.8. The lowest BCUT2D eigenvalue weighted by Gasteiger charge is -2.33. The lowest BCUT2D eigenvalue weighted by atomic mass is 9.95. The third-order valence-electron chi connectivity index (χ3n) is 3.37. The Morgan fingerprint density at radius 2 is 2.00 bits per heavy atom. The monoisotopic (exact) mass is 353 g/mol. The van der Waals surface area contributed by atoms with Crippen molar-refractivity contribution in [2.75, 3.05) is 13.1 Å². The highest BCUT2D eigenvalue weighted by atomic mass is 35.5. The van der Waals surface area contributed by atoms with E-state index in [-0.39, 0.29) is 29.4 Å². The second kappa shape index (κ2) is 6.10. The summed E-state index contributed by atoms with van der Waals surface area (Å²) in [5, 5.41) is 19.0. The van der Waals surface area contributed by atoms with E-state index in [4.69, 9.17) is 28.3 Å². The van der Waals surface area contributed by atoms with Gasteiger partial charge in [-0.2, -0.15) is 4.31 Å². The van der Waals surface area contributed by atoms with E-state index in [1.54, 1.807) is 0 Å². The Hall–Kier alpha value is -0.860. The number of hydrogen-bond donors (Lipinski definition) is 2. The van der Waals surface area contributed by atoms with Crippen LogP contribution < -0.4 is 0 Å². The van der Waals surface area contributed by atoms with Gasteiger partial charge >= 0.3 is 5.97 Å². The van der Waals surface area contributed by atoms with Gasteiger partial charge in [-0.1, -0.05) is 23.2 Å². The molecule has 0 bridgehead atoms. The predicted octanol–water partition coefficient (Wildman–Crippen LogP) is 1.45. The average Bonchev–Trinajstić information content (AvgIpc) is 2.37. The molecule has 1 aliphatic rings. The normalized spacial score (nSPS) is 24.0. The summed E-state index contributed by atoms with van der Waals surface area (Å²) in [7, 11) is -3.90. The first kappa shape index (κ1) is 16.5. The lowest BCUT2D eigenvalue weighted by molar-refractivity contribution is -0.147. The van der Waals surface area contributed by atoms with E-state index in [9.17, 15) is 18.3 Å². The molecular formula is C12H13Cl2NO5S. The smallest absolute Gasteiger partial charge is 0.309 e. The van der Waals surface area contributed by atoms with Crippen LogP contribution in [0.5, 0.6) is 0 Å². The van der Waals surface area contributed by atoms with Gasteiger partial charge in [0.05, 0.1) is 17.0 Å². The minimum atomic E-state index is -3.90. The highest BCUT2D eigenvalue weighted by Crippen LogP contribution is 2.30. The number of carbonyl (C=O) groups is 1. The number of hydrogen-bond acceptors (Lipinski definition) is 4. The van der Waals surface area contributed by atoms with Crippen LogP contribution in [0.3, 0.4) is 0 Å². The molecule has 0 amide bonds. The molecule has 21 heavy (non-hydrogen) atoms. The number of piperidine rings is 1. The molecule has 2 atom stereocenters. The summed E-state index contributed by atoms with van der Waals surface area (Å²) in [6.45, 7) is -0.270. The van der Waals surface area contributed by atoms with Crippen molar-refractivity contribution < 1.29 is 23.4 Å². The van der Waals surface area contributed by atoms with Crippen LogP contribution in [0.4, 0.5) is 0 Å². The first-order valence-electron chi connectivity index (χ1n) is 6.09. The summed E-state index contributed by atoms with van der Waals surface area (Å²) < 4.78 is 26.0. The van der Waals surface area contributed by atoms with Crippen LogP contribution in [-0.4, -0.2) is 48.1 Å². The molecule has 0 aliphatic carbocycles. The van der Waals surface area contributed by atoms with Gasteiger partial charge in [0.15, 0.2) is 0 Å². The summed E-state index contributed by atoms with van der Waals surface area (Å²) in [6, 6.07) is 4.01. The van der Waals surface area contributed by atoms with Crippen molar-refractivity contribution in [2.24, 2.45) is 5.92 Å². The Kier molecular flexibility index (Phi) is 4.79. The molecule has 116 valence electrons. The fourth-order valence-electron chi connectivity index (χ4n) is 2.23. The number of sulfonamides is 1. The zero-order chi connectivity index (χ0) is 15.8. The van der Waals surface area contributed by atoms with Crippen LogP contribution >= 0.6 is 23.2 Å². The molecule has 1 heterocycles. The molecule has 1 aromatic carbocycles. The van der Waals surface area contributed by atoms with E-state index in [2.05, 4.69) is 0 Å². The number of aliphatic hydroxyl groups excluding tert-OH is 1. The number of carboxylic acids is 1. The summed E-state index contributed by atoms with van der Waals surface area (Å²) in [5.41, 5.74) is 0. The number of nitrogens with zero attached hydrogens (tertiary/aromatic N) is 1. The van der Waals surface area contributed by atoms with E-state index < -0.39 is 28.0 Å². The highest BCUT2D eigenvalue weighted by molar-refractivity contribution is 7.89. The number of β-amino-alcohol motifs (C(OH)–C–C–N with tert-alkyl or cyclic N) is 1. The van der Waals surface area contributed by atoms with Gasteiger partial charge in [0.25, 0.3) is 0 Å². The van der Waals surface area contributed by atoms with Crippen LogP contribution in [0, 0.1) is 5.92 Å². The van der Waals surface area contributed by atoms with Crippen LogP contribution in [0.1, 0.15) is 6.42 Å². The molecule has 1 saturated heterocycles. The van der Waals surface area contributed by atoms with Gasteiger partial charge in [0.1, 0.15) is 4.90 Å². The van der Waals surface area contributed by atoms with E-state index in [1.807, 2.05) is 0 Å². The Morgan fingerprint density at radius 3 is 2.52 bits per heavy atom. The van der Waals surface area contributed by atoms with Crippen LogP contribution in [-0.2, 0) is 14.8 Å². The first-order chi connectivity index (χ1) is 9.73. The Morgan fingerprint density at radius 1 is 1.33 bits per heavy atom. The number of rotatable bonds is 3. The zero-order valence-corrected chi connectivity index (χ0v) is 13.1. The van der Waals surface area contributed by atoms with Gasteiger partial charge in [-0.05, 0) is 24.6 Å². The molecule has 1 aliphatic heterocycles. The van der Waals surface area contributed by atoms with Gasteiger partial charge in [0.2, 0.25) is 10.0 Å². The van der Waals surface area contributed by atoms with E-state index in [1.165, 1.54) is 18.2 Å². The van der Waals surface area contributed by atoms with Crippen molar-refractivity contribution >= 4 is 39.2 Å². The number of benzene rings is 1. The van der Waals surface area contributed by atoms with Crippen molar-refractivity contribution in [2.45, 2.75) is 17.4 Å². The minimum Gasteiger partial charge on any atom is -0.481 e. The molecule has 9 heteroatoms. The van der Waals surface area contributed by atoms with Crippen molar-refractivity contribution in [3.63, 3.8) is 0 Å². The summed E-state index contributed by atoms with van der Waals surface area (Å²) in [5.74, 6) is -2.10. The molecule has 1 aromatic rings. The number of aliphatic hydroxyl groups is 1. The number of aliphatic carboxylic acids is 1. The fourth-order valence-corrected chi connectivity index (χ4v) is 4.45. The Bertz CT molecular complexity index is 664. The molecule has 0 radical (unpaired) electrons. The second-order valence-corrected chi connectivity index (χ2v) is 7.49. The largest absolute Gasteiger partial charge is 0.481 e. The van der Waals surface area contributed by atoms with E-state index >= 15 is 0 Å². The van der Waals surface area contributed by atoms with Gasteiger partial charge in [-0.15, -0.1) is 0 Å². The Labute approximate surface area is 131 Å². The summed E-state index contributed by atoms with van der Waals surface area (Å²) in [6.07, 6.45) is -1.21. The van der Waals surface area contributed by atoms with Gasteiger partial charge in [-0.3, -0.25) is 4.79 Å². The topological polar surface area (TPSA) is 94.9 Å². The fraction of sp³-hybridized carbons (Fsp3) is 0.417. The van der Waals surface area contributed by atoms with Crippen LogP contribution in [0.15, 0.2) is 23.1 Å². The van der Waals surface area contributed by atoms with E-state index in [0.717, 1.165) is 4.31 Å². The van der Waals surface area contributed by atoms with Gasteiger partial charge in [-0.25, -0.2) is 8.42 Å². The number of carboxylic acid groups (broad SMARTS) is 1. The van der Waals surface area contributed by atoms with Gasteiger partial charge < -0.3 is 10.2 Å². The minimum absolute atomic E-state index is 0.00924. The second-order valence-electron chi connectivity index (χ2n) is 4.74. The quantitative estimate of drug-likeness (QED) is 0.857. The number of halogens is 2. The van der Waals surface area contributed by atoms with Crippen molar-refractivity contribution in [3.05, 3.63) is 28.2 Å². The average molecular weight is 354 g/mol. The molecule has 2 N–H and O–H groups in total. The molecule has 6 nitrogen and oxygen atoms in total. The molecule has 0 unspecified atom stereocenters. The standard InChI is InChI=1S/C12H13Cl2NO5S/c13-7-1-2-11(9(14)5-7)21(19,20)15-4-3-8(12(17)18)10(16)6-15/h1-2,5,8,10,16H,3-4,6H2,(H,17,18)/t8-,10+/m0/s1. The molecule has 0 aromatic heterocycles. The van der Waals surface area contributed by atoms with Crippen LogP contribution in [0.25, 0.3) is 0 Å².